The number of benzene rings is 1. The Labute approximate surface area is 124 Å². The van der Waals surface area contributed by atoms with E-state index < -0.39 is 11.4 Å². The van der Waals surface area contributed by atoms with E-state index in [1.165, 1.54) is 0 Å². The molecule has 5 heteroatoms. The summed E-state index contributed by atoms with van der Waals surface area (Å²) in [4.78, 5) is 22.4. The van der Waals surface area contributed by atoms with E-state index in [-0.39, 0.29) is 18.7 Å². The molecule has 4 nitrogen and oxygen atoms in total. The maximum atomic E-state index is 11.8. The fourth-order valence-corrected chi connectivity index (χ4v) is 2.09. The molecule has 110 valence electrons. The van der Waals surface area contributed by atoms with Crippen molar-refractivity contribution in [3.8, 4) is 0 Å². The molecule has 0 aliphatic carbocycles. The summed E-state index contributed by atoms with van der Waals surface area (Å²) in [7, 11) is 0. The molecule has 0 heterocycles. The Bertz CT molecular complexity index is 469. The number of carboxylic acid groups (broad SMARTS) is 1. The molecule has 0 unspecified atom stereocenters. The fourth-order valence-electron chi connectivity index (χ4n) is 1.97. The van der Waals surface area contributed by atoms with E-state index in [0.29, 0.717) is 11.6 Å². The van der Waals surface area contributed by atoms with Gasteiger partial charge in [0, 0.05) is 18.0 Å². The Hall–Kier alpha value is -1.55. The molecule has 0 saturated heterocycles. The number of carbonyl (C=O) groups excluding carboxylic acids is 1. The average molecular weight is 298 g/mol. The van der Waals surface area contributed by atoms with Gasteiger partial charge in [-0.15, -0.1) is 0 Å². The predicted octanol–water partition coefficient (Wildman–Crippen LogP) is 2.89. The van der Waals surface area contributed by atoms with Gasteiger partial charge in [0.1, 0.15) is 0 Å². The van der Waals surface area contributed by atoms with Crippen molar-refractivity contribution < 1.29 is 14.7 Å². The smallest absolute Gasteiger partial charge is 0.303 e. The summed E-state index contributed by atoms with van der Waals surface area (Å²) in [6.07, 6.45) is 0.916. The SMILES string of the molecule is CC(C)(CC(=O)O)CC(=O)NCCc1ccc(Cl)cc1. The van der Waals surface area contributed by atoms with Gasteiger partial charge < -0.3 is 10.4 Å². The summed E-state index contributed by atoms with van der Waals surface area (Å²) in [6, 6.07) is 7.47. The Morgan fingerprint density at radius 3 is 2.35 bits per heavy atom. The highest BCUT2D eigenvalue weighted by Crippen LogP contribution is 2.24. The quantitative estimate of drug-likeness (QED) is 0.813. The summed E-state index contributed by atoms with van der Waals surface area (Å²) in [5.41, 5.74) is 0.565. The van der Waals surface area contributed by atoms with Crippen LogP contribution in [0, 0.1) is 5.41 Å². The molecule has 1 aromatic carbocycles. The van der Waals surface area contributed by atoms with Crippen LogP contribution in [0.4, 0.5) is 0 Å². The molecule has 1 amide bonds. The molecule has 0 aromatic heterocycles. The minimum absolute atomic E-state index is 0.0163. The van der Waals surface area contributed by atoms with Crippen LogP contribution in [0.1, 0.15) is 32.3 Å². The van der Waals surface area contributed by atoms with Crippen molar-refractivity contribution in [1.82, 2.24) is 5.32 Å². The number of halogens is 1. The second-order valence-electron chi connectivity index (χ2n) is 5.64. The first kappa shape index (κ1) is 16.5. The molecule has 0 aliphatic rings. The third kappa shape index (κ3) is 6.57. The lowest BCUT2D eigenvalue weighted by Crippen LogP contribution is -2.31. The number of hydrogen-bond donors (Lipinski definition) is 2. The normalized spacial score (nSPS) is 11.2. The van der Waals surface area contributed by atoms with Crippen molar-refractivity contribution in [2.45, 2.75) is 33.1 Å². The molecule has 1 rings (SSSR count). The standard InChI is InChI=1S/C15H20ClNO3/c1-15(2,10-14(19)20)9-13(18)17-8-7-11-3-5-12(16)6-4-11/h3-6H,7-10H2,1-2H3,(H,17,18)(H,19,20). The van der Waals surface area contributed by atoms with E-state index in [4.69, 9.17) is 16.7 Å². The summed E-state index contributed by atoms with van der Waals surface area (Å²) in [5, 5.41) is 12.3. The topological polar surface area (TPSA) is 66.4 Å². The van der Waals surface area contributed by atoms with Crippen LogP contribution in [0.25, 0.3) is 0 Å². The Morgan fingerprint density at radius 1 is 1.20 bits per heavy atom. The van der Waals surface area contributed by atoms with Crippen LogP contribution >= 0.6 is 11.6 Å². The highest BCUT2D eigenvalue weighted by Gasteiger charge is 2.24. The molecule has 0 fully saturated rings. The third-order valence-corrected chi connectivity index (χ3v) is 3.17. The van der Waals surface area contributed by atoms with Crippen LogP contribution in [0.15, 0.2) is 24.3 Å². The lowest BCUT2D eigenvalue weighted by Gasteiger charge is -2.21. The van der Waals surface area contributed by atoms with Crippen LogP contribution in [-0.4, -0.2) is 23.5 Å². The largest absolute Gasteiger partial charge is 0.481 e. The molecule has 0 spiro atoms. The van der Waals surface area contributed by atoms with Gasteiger partial charge in [0.2, 0.25) is 5.91 Å². The zero-order valence-electron chi connectivity index (χ0n) is 11.8. The van der Waals surface area contributed by atoms with Gasteiger partial charge in [-0.3, -0.25) is 9.59 Å². The monoisotopic (exact) mass is 297 g/mol. The molecule has 20 heavy (non-hydrogen) atoms. The van der Waals surface area contributed by atoms with Gasteiger partial charge in [-0.05, 0) is 29.5 Å². The molecule has 0 bridgehead atoms. The van der Waals surface area contributed by atoms with Crippen molar-refractivity contribution in [3.05, 3.63) is 34.9 Å². The number of carbonyl (C=O) groups is 2. The maximum absolute atomic E-state index is 11.8. The van der Waals surface area contributed by atoms with Gasteiger partial charge in [0.15, 0.2) is 0 Å². The summed E-state index contributed by atoms with van der Waals surface area (Å²) < 4.78 is 0. The number of nitrogens with one attached hydrogen (secondary N) is 1. The second-order valence-corrected chi connectivity index (χ2v) is 6.07. The van der Waals surface area contributed by atoms with E-state index >= 15 is 0 Å². The first-order valence-electron chi connectivity index (χ1n) is 6.51. The molecule has 0 aliphatic heterocycles. The second kappa shape index (κ2) is 7.29. The Kier molecular flexibility index (Phi) is 6.02. The number of hydrogen-bond acceptors (Lipinski definition) is 2. The van der Waals surface area contributed by atoms with Crippen molar-refractivity contribution in [2.75, 3.05) is 6.54 Å². The lowest BCUT2D eigenvalue weighted by molar-refractivity contribution is -0.139. The van der Waals surface area contributed by atoms with Crippen molar-refractivity contribution in [1.29, 1.82) is 0 Å². The molecule has 1 aromatic rings. The zero-order valence-corrected chi connectivity index (χ0v) is 12.5. The molecule has 0 saturated carbocycles. The van der Waals surface area contributed by atoms with Gasteiger partial charge in [-0.25, -0.2) is 0 Å². The highest BCUT2D eigenvalue weighted by atomic mass is 35.5. The van der Waals surface area contributed by atoms with Crippen LogP contribution < -0.4 is 5.32 Å². The molecule has 2 N–H and O–H groups in total. The van der Waals surface area contributed by atoms with Gasteiger partial charge in [0.05, 0.1) is 6.42 Å². The van der Waals surface area contributed by atoms with Gasteiger partial charge >= 0.3 is 5.97 Å². The van der Waals surface area contributed by atoms with E-state index in [0.717, 1.165) is 12.0 Å². The fraction of sp³-hybridized carbons (Fsp3) is 0.467. The van der Waals surface area contributed by atoms with Gasteiger partial charge in [-0.2, -0.15) is 0 Å². The van der Waals surface area contributed by atoms with E-state index in [2.05, 4.69) is 5.32 Å². The maximum Gasteiger partial charge on any atom is 0.303 e. The van der Waals surface area contributed by atoms with E-state index in [9.17, 15) is 9.59 Å². The first-order chi connectivity index (χ1) is 9.28. The van der Waals surface area contributed by atoms with Crippen LogP contribution in [0.3, 0.4) is 0 Å². The third-order valence-electron chi connectivity index (χ3n) is 2.92. The Balaban J connectivity index is 2.33. The highest BCUT2D eigenvalue weighted by molar-refractivity contribution is 6.30. The molecule has 0 radical (unpaired) electrons. The van der Waals surface area contributed by atoms with E-state index in [1.54, 1.807) is 13.8 Å². The molecular formula is C15H20ClNO3. The van der Waals surface area contributed by atoms with Gasteiger partial charge in [-0.1, -0.05) is 37.6 Å². The first-order valence-corrected chi connectivity index (χ1v) is 6.89. The minimum Gasteiger partial charge on any atom is -0.481 e. The minimum atomic E-state index is -0.885. The van der Waals surface area contributed by atoms with Gasteiger partial charge in [0.25, 0.3) is 0 Å². The van der Waals surface area contributed by atoms with Crippen molar-refractivity contribution in [2.24, 2.45) is 5.41 Å². The van der Waals surface area contributed by atoms with Crippen molar-refractivity contribution >= 4 is 23.5 Å². The van der Waals surface area contributed by atoms with Crippen LogP contribution in [-0.2, 0) is 16.0 Å². The van der Waals surface area contributed by atoms with Crippen LogP contribution in [0.5, 0.6) is 0 Å². The Morgan fingerprint density at radius 2 is 1.80 bits per heavy atom. The van der Waals surface area contributed by atoms with Crippen LogP contribution in [0.2, 0.25) is 5.02 Å². The predicted molar refractivity (Wildman–Crippen MR) is 78.8 cm³/mol. The number of carboxylic acids is 1. The molecule has 0 atom stereocenters. The summed E-state index contributed by atoms with van der Waals surface area (Å²) >= 11 is 5.79. The summed E-state index contributed by atoms with van der Waals surface area (Å²) in [6.45, 7) is 4.09. The van der Waals surface area contributed by atoms with E-state index in [1.807, 2.05) is 24.3 Å². The number of amides is 1. The molecular weight excluding hydrogens is 278 g/mol. The zero-order chi connectivity index (χ0) is 15.2. The number of aliphatic carboxylic acids is 1. The van der Waals surface area contributed by atoms with Crippen molar-refractivity contribution in [3.63, 3.8) is 0 Å². The summed E-state index contributed by atoms with van der Waals surface area (Å²) in [5.74, 6) is -1.01. The number of rotatable bonds is 7. The lowest BCUT2D eigenvalue weighted by atomic mass is 9.85. The average Bonchev–Trinajstić information content (AvgIpc) is 2.29.